The molecule has 0 N–H and O–H groups in total. The van der Waals surface area contributed by atoms with E-state index in [1.165, 1.54) is 12.1 Å². The van der Waals surface area contributed by atoms with Gasteiger partial charge in [0.05, 0.1) is 28.6 Å². The summed E-state index contributed by atoms with van der Waals surface area (Å²) in [5, 5.41) is 5.61. The smallest absolute Gasteiger partial charge is 0.254 e. The van der Waals surface area contributed by atoms with Crippen molar-refractivity contribution in [3.63, 3.8) is 0 Å². The summed E-state index contributed by atoms with van der Waals surface area (Å²) in [4.78, 5) is 17.5. The molecule has 0 radical (unpaired) electrons. The van der Waals surface area contributed by atoms with Gasteiger partial charge in [-0.15, -0.1) is 6.58 Å². The van der Waals surface area contributed by atoms with Crippen LogP contribution in [0.25, 0.3) is 5.69 Å². The molecular formula is C26H26ClFN4O. The van der Waals surface area contributed by atoms with Crippen LogP contribution < -0.4 is 0 Å². The second kappa shape index (κ2) is 9.12. The van der Waals surface area contributed by atoms with Gasteiger partial charge >= 0.3 is 0 Å². The van der Waals surface area contributed by atoms with E-state index in [4.69, 9.17) is 16.7 Å². The predicted molar refractivity (Wildman–Crippen MR) is 127 cm³/mol. The van der Waals surface area contributed by atoms with Gasteiger partial charge in [0.1, 0.15) is 5.82 Å². The minimum Gasteiger partial charge on any atom is -0.330 e. The highest BCUT2D eigenvalue weighted by Crippen LogP contribution is 2.33. The molecule has 1 aliphatic heterocycles. The summed E-state index contributed by atoms with van der Waals surface area (Å²) in [5.74, 6) is -0.561. The number of fused-ring (bicyclic) bond motifs is 1. The first-order valence-corrected chi connectivity index (χ1v) is 11.7. The molecular weight excluding hydrogens is 439 g/mol. The van der Waals surface area contributed by atoms with Crippen LogP contribution in [-0.2, 0) is 19.5 Å². The summed E-state index contributed by atoms with van der Waals surface area (Å²) >= 11 is 6.52. The van der Waals surface area contributed by atoms with E-state index in [1.54, 1.807) is 12.1 Å². The third kappa shape index (κ3) is 4.45. The van der Waals surface area contributed by atoms with Gasteiger partial charge in [0.2, 0.25) is 0 Å². The Morgan fingerprint density at radius 2 is 2.06 bits per heavy atom. The average Bonchev–Trinajstić information content (AvgIpc) is 3.60. The topological polar surface area (TPSA) is 41.4 Å². The van der Waals surface area contributed by atoms with E-state index in [0.717, 1.165) is 61.5 Å². The summed E-state index contributed by atoms with van der Waals surface area (Å²) in [5.41, 5.74) is 4.35. The van der Waals surface area contributed by atoms with Crippen LogP contribution in [0.2, 0.25) is 5.02 Å². The molecule has 170 valence electrons. The normalized spacial score (nSPS) is 15.8. The molecule has 0 spiro atoms. The molecule has 1 aliphatic carbocycles. The Bertz CT molecular complexity index is 1200. The van der Waals surface area contributed by atoms with E-state index in [-0.39, 0.29) is 11.9 Å². The molecule has 5 nitrogen and oxygen atoms in total. The molecule has 1 fully saturated rings. The van der Waals surface area contributed by atoms with Crippen molar-refractivity contribution in [2.45, 2.75) is 38.4 Å². The lowest BCUT2D eigenvalue weighted by Gasteiger charge is -2.27. The van der Waals surface area contributed by atoms with Crippen LogP contribution >= 0.6 is 11.6 Å². The Morgan fingerprint density at radius 3 is 2.79 bits per heavy atom. The Kier molecular flexibility index (Phi) is 6.04. The van der Waals surface area contributed by atoms with Crippen LogP contribution in [0, 0.1) is 5.82 Å². The molecule has 2 aromatic carbocycles. The van der Waals surface area contributed by atoms with Crippen molar-refractivity contribution < 1.29 is 9.18 Å². The fraction of sp³-hybridized carbons (Fsp3) is 0.308. The Morgan fingerprint density at radius 1 is 1.24 bits per heavy atom. The largest absolute Gasteiger partial charge is 0.330 e. The lowest BCUT2D eigenvalue weighted by Crippen LogP contribution is -2.34. The van der Waals surface area contributed by atoms with Crippen molar-refractivity contribution in [2.24, 2.45) is 0 Å². The minimum atomic E-state index is -0.406. The third-order valence-corrected chi connectivity index (χ3v) is 6.65. The third-order valence-electron chi connectivity index (χ3n) is 6.33. The van der Waals surface area contributed by atoms with Crippen molar-refractivity contribution in [1.82, 2.24) is 19.6 Å². The Hall–Kier alpha value is -2.96. The van der Waals surface area contributed by atoms with E-state index >= 15 is 0 Å². The van der Waals surface area contributed by atoms with Crippen LogP contribution in [-0.4, -0.2) is 44.6 Å². The number of halogens is 2. The van der Waals surface area contributed by atoms with Crippen LogP contribution in [0.1, 0.15) is 40.2 Å². The summed E-state index contributed by atoms with van der Waals surface area (Å²) in [7, 11) is 0. The molecule has 1 aromatic heterocycles. The van der Waals surface area contributed by atoms with E-state index < -0.39 is 5.82 Å². The molecule has 3 aromatic rings. The standard InChI is InChI=1S/C26H26ClFN4O/c1-2-13-30-14-12-24-21(16-30)23(29-32(24)25-9-4-3-8-22(25)27)17-31(20-10-11-20)26(33)18-6-5-7-19(28)15-18/h2-9,15,20H,1,10-14,16-17H2. The maximum atomic E-state index is 13.8. The van der Waals surface area contributed by atoms with Gasteiger partial charge in [-0.3, -0.25) is 9.69 Å². The van der Waals surface area contributed by atoms with Crippen molar-refractivity contribution in [3.8, 4) is 5.69 Å². The van der Waals surface area contributed by atoms with Gasteiger partial charge in [0.25, 0.3) is 5.91 Å². The second-order valence-electron chi connectivity index (χ2n) is 8.68. The van der Waals surface area contributed by atoms with Crippen molar-refractivity contribution >= 4 is 17.5 Å². The van der Waals surface area contributed by atoms with Gasteiger partial charge in [0.15, 0.2) is 0 Å². The Labute approximate surface area is 198 Å². The highest BCUT2D eigenvalue weighted by atomic mass is 35.5. The molecule has 0 unspecified atom stereocenters. The van der Waals surface area contributed by atoms with Gasteiger partial charge in [-0.1, -0.05) is 35.9 Å². The van der Waals surface area contributed by atoms with Crippen LogP contribution in [0.5, 0.6) is 0 Å². The van der Waals surface area contributed by atoms with Gasteiger partial charge in [-0.25, -0.2) is 9.07 Å². The minimum absolute atomic E-state index is 0.156. The van der Waals surface area contributed by atoms with E-state index in [0.29, 0.717) is 17.1 Å². The maximum Gasteiger partial charge on any atom is 0.254 e. The predicted octanol–water partition coefficient (Wildman–Crippen LogP) is 5.01. The van der Waals surface area contributed by atoms with Crippen molar-refractivity contribution in [1.29, 1.82) is 0 Å². The first kappa shape index (κ1) is 21.9. The van der Waals surface area contributed by atoms with Crippen molar-refractivity contribution in [2.75, 3.05) is 13.1 Å². The zero-order chi connectivity index (χ0) is 22.9. The molecule has 1 amide bonds. The average molecular weight is 465 g/mol. The SMILES string of the molecule is C=CCN1CCc2c(c(CN(C(=O)c3cccc(F)c3)C3CC3)nn2-c2ccccc2Cl)C1. The molecule has 2 heterocycles. The number of carbonyl (C=O) groups excluding carboxylic acids is 1. The number of aromatic nitrogens is 2. The molecule has 0 atom stereocenters. The highest BCUT2D eigenvalue weighted by Gasteiger charge is 2.35. The van der Waals surface area contributed by atoms with E-state index in [9.17, 15) is 9.18 Å². The van der Waals surface area contributed by atoms with Gasteiger partial charge < -0.3 is 4.90 Å². The lowest BCUT2D eigenvalue weighted by atomic mass is 10.0. The van der Waals surface area contributed by atoms with Gasteiger partial charge in [0, 0.05) is 43.2 Å². The van der Waals surface area contributed by atoms with Gasteiger partial charge in [-0.2, -0.15) is 5.10 Å². The number of amides is 1. The number of benzene rings is 2. The maximum absolute atomic E-state index is 13.8. The first-order valence-electron chi connectivity index (χ1n) is 11.3. The Balaban J connectivity index is 1.53. The molecule has 5 rings (SSSR count). The summed E-state index contributed by atoms with van der Waals surface area (Å²) < 4.78 is 15.7. The second-order valence-corrected chi connectivity index (χ2v) is 9.09. The number of nitrogens with zero attached hydrogens (tertiary/aromatic N) is 4. The van der Waals surface area contributed by atoms with Gasteiger partial charge in [-0.05, 0) is 43.2 Å². The fourth-order valence-corrected chi connectivity index (χ4v) is 4.75. The number of rotatable bonds is 7. The fourth-order valence-electron chi connectivity index (χ4n) is 4.53. The van der Waals surface area contributed by atoms with E-state index in [2.05, 4.69) is 11.5 Å². The van der Waals surface area contributed by atoms with Crippen LogP contribution in [0.15, 0.2) is 61.2 Å². The number of hydrogen-bond acceptors (Lipinski definition) is 3. The molecule has 7 heteroatoms. The summed E-state index contributed by atoms with van der Waals surface area (Å²) in [6.45, 7) is 6.71. The highest BCUT2D eigenvalue weighted by molar-refractivity contribution is 6.32. The quantitative estimate of drug-likeness (QED) is 0.461. The number of hydrogen-bond donors (Lipinski definition) is 0. The van der Waals surface area contributed by atoms with Crippen LogP contribution in [0.3, 0.4) is 0 Å². The van der Waals surface area contributed by atoms with Crippen molar-refractivity contribution in [3.05, 3.63) is 94.5 Å². The summed E-state index contributed by atoms with van der Waals surface area (Å²) in [6.07, 6.45) is 4.66. The monoisotopic (exact) mass is 464 g/mol. The molecule has 2 aliphatic rings. The molecule has 1 saturated carbocycles. The lowest BCUT2D eigenvalue weighted by molar-refractivity contribution is 0.0726. The first-order chi connectivity index (χ1) is 16.0. The number of carbonyl (C=O) groups is 1. The zero-order valence-corrected chi connectivity index (χ0v) is 19.1. The molecule has 33 heavy (non-hydrogen) atoms. The van der Waals surface area contributed by atoms with E-state index in [1.807, 2.05) is 39.9 Å². The number of para-hydroxylation sites is 1. The molecule has 0 bridgehead atoms. The van der Waals surface area contributed by atoms with Crippen LogP contribution in [0.4, 0.5) is 4.39 Å². The molecule has 0 saturated heterocycles. The zero-order valence-electron chi connectivity index (χ0n) is 18.4. The summed E-state index contributed by atoms with van der Waals surface area (Å²) in [6, 6.07) is 13.8.